The van der Waals surface area contributed by atoms with Gasteiger partial charge in [0.2, 0.25) is 10.0 Å². The maximum atomic E-state index is 12.4. The van der Waals surface area contributed by atoms with Crippen LogP contribution in [0.4, 0.5) is 0 Å². The molecule has 2 aromatic heterocycles. The number of hydrogen-bond donors (Lipinski definition) is 2. The van der Waals surface area contributed by atoms with E-state index >= 15 is 0 Å². The molecular weight excluding hydrogens is 306 g/mol. The lowest BCUT2D eigenvalue weighted by Crippen LogP contribution is -2.25. The van der Waals surface area contributed by atoms with Gasteiger partial charge in [-0.15, -0.1) is 11.3 Å². The van der Waals surface area contributed by atoms with E-state index in [1.165, 1.54) is 11.3 Å². The van der Waals surface area contributed by atoms with Gasteiger partial charge in [0.05, 0.1) is 4.90 Å². The first kappa shape index (κ1) is 16.1. The largest absolute Gasteiger partial charge is 0.312 e. The Bertz CT molecular complexity index is 696. The average molecular weight is 325 g/mol. The number of pyridine rings is 1. The summed E-state index contributed by atoms with van der Waals surface area (Å²) in [7, 11) is -3.50. The highest BCUT2D eigenvalue weighted by Crippen LogP contribution is 2.22. The van der Waals surface area contributed by atoms with E-state index in [4.69, 9.17) is 0 Å². The number of sulfonamides is 1. The average Bonchev–Trinajstić information content (AvgIpc) is 2.93. The maximum Gasteiger partial charge on any atom is 0.242 e. The van der Waals surface area contributed by atoms with Crippen molar-refractivity contribution in [1.82, 2.24) is 15.0 Å². The van der Waals surface area contributed by atoms with Crippen LogP contribution in [0, 0.1) is 6.92 Å². The van der Waals surface area contributed by atoms with Crippen LogP contribution in [-0.4, -0.2) is 19.9 Å². The molecular formula is C14H19N3O2S2. The molecule has 0 atom stereocenters. The van der Waals surface area contributed by atoms with E-state index < -0.39 is 10.0 Å². The second-order valence-corrected chi connectivity index (χ2v) is 7.35. The van der Waals surface area contributed by atoms with Gasteiger partial charge >= 0.3 is 0 Å². The summed E-state index contributed by atoms with van der Waals surface area (Å²) in [5.41, 5.74) is 1.90. The highest BCUT2D eigenvalue weighted by molar-refractivity contribution is 7.89. The van der Waals surface area contributed by atoms with Crippen molar-refractivity contribution in [1.29, 1.82) is 0 Å². The molecule has 0 aliphatic heterocycles. The zero-order valence-electron chi connectivity index (χ0n) is 12.1. The molecule has 7 heteroatoms. The van der Waals surface area contributed by atoms with Crippen LogP contribution in [-0.2, 0) is 23.1 Å². The normalized spacial score (nSPS) is 11.7. The van der Waals surface area contributed by atoms with Crippen LogP contribution in [0.2, 0.25) is 0 Å². The second kappa shape index (κ2) is 7.13. The van der Waals surface area contributed by atoms with Gasteiger partial charge in [0, 0.05) is 30.4 Å². The first-order valence-electron chi connectivity index (χ1n) is 6.71. The summed E-state index contributed by atoms with van der Waals surface area (Å²) in [6.45, 7) is 5.55. The second-order valence-electron chi connectivity index (χ2n) is 4.62. The van der Waals surface area contributed by atoms with Crippen molar-refractivity contribution in [3.63, 3.8) is 0 Å². The zero-order valence-corrected chi connectivity index (χ0v) is 13.7. The van der Waals surface area contributed by atoms with E-state index in [-0.39, 0.29) is 6.54 Å². The van der Waals surface area contributed by atoms with E-state index in [9.17, 15) is 8.42 Å². The Kier molecular flexibility index (Phi) is 5.46. The summed E-state index contributed by atoms with van der Waals surface area (Å²) in [5, 5.41) is 4.96. The third-order valence-corrected chi connectivity index (χ3v) is 5.67. The van der Waals surface area contributed by atoms with Crippen LogP contribution < -0.4 is 10.0 Å². The minimum atomic E-state index is -3.50. The van der Waals surface area contributed by atoms with Crippen molar-refractivity contribution in [2.24, 2.45) is 0 Å². The van der Waals surface area contributed by atoms with Crippen molar-refractivity contribution >= 4 is 21.4 Å². The lowest BCUT2D eigenvalue weighted by molar-refractivity contribution is 0.579. The molecule has 0 saturated carbocycles. The summed E-state index contributed by atoms with van der Waals surface area (Å²) in [5.74, 6) is 0. The molecule has 0 unspecified atom stereocenters. The van der Waals surface area contributed by atoms with Crippen molar-refractivity contribution in [3.05, 3.63) is 45.9 Å². The van der Waals surface area contributed by atoms with Gasteiger partial charge < -0.3 is 5.32 Å². The van der Waals surface area contributed by atoms with Gasteiger partial charge in [-0.3, -0.25) is 4.98 Å². The molecule has 0 aromatic carbocycles. The molecule has 0 bridgehead atoms. The predicted octanol–water partition coefficient (Wildman–Crippen LogP) is 2.04. The molecule has 114 valence electrons. The Morgan fingerprint density at radius 2 is 2.10 bits per heavy atom. The van der Waals surface area contributed by atoms with Gasteiger partial charge in [0.1, 0.15) is 0 Å². The lowest BCUT2D eigenvalue weighted by Gasteiger charge is -2.09. The van der Waals surface area contributed by atoms with E-state index in [1.807, 2.05) is 19.9 Å². The van der Waals surface area contributed by atoms with Gasteiger partial charge in [0.25, 0.3) is 0 Å². The number of nitrogens with zero attached hydrogens (tertiary/aromatic N) is 1. The van der Waals surface area contributed by atoms with Crippen LogP contribution in [0.25, 0.3) is 0 Å². The quantitative estimate of drug-likeness (QED) is 0.817. The van der Waals surface area contributed by atoms with Crippen LogP contribution in [0.15, 0.2) is 34.8 Å². The number of aromatic nitrogens is 1. The van der Waals surface area contributed by atoms with Gasteiger partial charge in [0.15, 0.2) is 0 Å². The number of aryl methyl sites for hydroxylation is 1. The number of hydrogen-bond acceptors (Lipinski definition) is 5. The SMILES string of the molecule is CCNCc1sccc1S(=O)(=O)NCc1cnccc1C. The summed E-state index contributed by atoms with van der Waals surface area (Å²) >= 11 is 1.45. The topological polar surface area (TPSA) is 71.1 Å². The summed E-state index contributed by atoms with van der Waals surface area (Å²) < 4.78 is 27.5. The minimum absolute atomic E-state index is 0.249. The smallest absolute Gasteiger partial charge is 0.242 e. The Morgan fingerprint density at radius 1 is 1.29 bits per heavy atom. The monoisotopic (exact) mass is 325 g/mol. The summed E-state index contributed by atoms with van der Waals surface area (Å²) in [4.78, 5) is 5.21. The van der Waals surface area contributed by atoms with Crippen molar-refractivity contribution in [2.45, 2.75) is 31.8 Å². The van der Waals surface area contributed by atoms with E-state index in [2.05, 4.69) is 15.0 Å². The van der Waals surface area contributed by atoms with Crippen LogP contribution in [0.3, 0.4) is 0 Å². The Labute approximate surface area is 129 Å². The predicted molar refractivity (Wildman–Crippen MR) is 84.7 cm³/mol. The van der Waals surface area contributed by atoms with Gasteiger partial charge in [-0.25, -0.2) is 13.1 Å². The lowest BCUT2D eigenvalue weighted by atomic mass is 10.2. The van der Waals surface area contributed by atoms with Gasteiger partial charge in [-0.1, -0.05) is 6.92 Å². The van der Waals surface area contributed by atoms with E-state index in [0.29, 0.717) is 11.4 Å². The molecule has 2 N–H and O–H groups in total. The molecule has 0 radical (unpaired) electrons. The molecule has 2 rings (SSSR count). The van der Waals surface area contributed by atoms with Gasteiger partial charge in [-0.2, -0.15) is 0 Å². The number of rotatable bonds is 7. The maximum absolute atomic E-state index is 12.4. The third kappa shape index (κ3) is 4.10. The van der Waals surface area contributed by atoms with E-state index in [1.54, 1.807) is 23.8 Å². The molecule has 0 aliphatic carbocycles. The number of thiophene rings is 1. The number of nitrogens with one attached hydrogen (secondary N) is 2. The molecule has 0 spiro atoms. The first-order valence-corrected chi connectivity index (χ1v) is 9.07. The Balaban J connectivity index is 2.12. The highest BCUT2D eigenvalue weighted by atomic mass is 32.2. The van der Waals surface area contributed by atoms with Crippen molar-refractivity contribution in [2.75, 3.05) is 6.54 Å². The standard InChI is InChI=1S/C14H19N3O2S2/c1-3-15-10-13-14(5-7-20-13)21(18,19)17-9-12-8-16-6-4-11(12)2/h4-8,15,17H,3,9-10H2,1-2H3. The van der Waals surface area contributed by atoms with Crippen molar-refractivity contribution in [3.8, 4) is 0 Å². The molecule has 2 heterocycles. The fraction of sp³-hybridized carbons (Fsp3) is 0.357. The third-order valence-electron chi connectivity index (χ3n) is 3.13. The first-order chi connectivity index (χ1) is 10.0. The Morgan fingerprint density at radius 3 is 2.81 bits per heavy atom. The zero-order chi connectivity index (χ0) is 15.3. The Hall–Kier alpha value is -1.28. The molecule has 2 aromatic rings. The van der Waals surface area contributed by atoms with Crippen LogP contribution in [0.1, 0.15) is 22.9 Å². The minimum Gasteiger partial charge on any atom is -0.312 e. The highest BCUT2D eigenvalue weighted by Gasteiger charge is 2.19. The van der Waals surface area contributed by atoms with Crippen LogP contribution in [0.5, 0.6) is 0 Å². The van der Waals surface area contributed by atoms with Crippen molar-refractivity contribution < 1.29 is 8.42 Å². The van der Waals surface area contributed by atoms with Gasteiger partial charge in [-0.05, 0) is 42.1 Å². The molecule has 0 fully saturated rings. The fourth-order valence-electron chi connectivity index (χ4n) is 1.87. The summed E-state index contributed by atoms with van der Waals surface area (Å²) in [6, 6.07) is 3.51. The molecule has 21 heavy (non-hydrogen) atoms. The molecule has 0 saturated heterocycles. The molecule has 0 aliphatic rings. The van der Waals surface area contributed by atoms with Crippen LogP contribution >= 0.6 is 11.3 Å². The fourth-order valence-corrected chi connectivity index (χ4v) is 4.29. The molecule has 5 nitrogen and oxygen atoms in total. The van der Waals surface area contributed by atoms with E-state index in [0.717, 1.165) is 22.5 Å². The molecule has 0 amide bonds. The summed E-state index contributed by atoms with van der Waals surface area (Å²) in [6.07, 6.45) is 3.38.